The molecule has 16 heavy (non-hydrogen) atoms. The number of nitrogens with one attached hydrogen (secondary N) is 1. The van der Waals surface area contributed by atoms with Crippen molar-refractivity contribution in [1.29, 1.82) is 0 Å². The van der Waals surface area contributed by atoms with E-state index in [2.05, 4.69) is 27.7 Å². The zero-order valence-corrected chi connectivity index (χ0v) is 9.96. The number of imidazole rings is 1. The summed E-state index contributed by atoms with van der Waals surface area (Å²) >= 11 is 6.18. The Kier molecular flexibility index (Phi) is 2.37. The third-order valence-corrected chi connectivity index (χ3v) is 3.50. The summed E-state index contributed by atoms with van der Waals surface area (Å²) in [4.78, 5) is 4.47. The van der Waals surface area contributed by atoms with Gasteiger partial charge in [-0.1, -0.05) is 17.7 Å². The number of rotatable bonds is 2. The highest BCUT2D eigenvalue weighted by molar-refractivity contribution is 6.32. The van der Waals surface area contributed by atoms with Gasteiger partial charge < -0.3 is 9.72 Å². The van der Waals surface area contributed by atoms with E-state index in [4.69, 9.17) is 11.6 Å². The number of hydrogen-bond acceptors (Lipinski definition) is 2. The van der Waals surface area contributed by atoms with Gasteiger partial charge >= 0.3 is 0 Å². The van der Waals surface area contributed by atoms with Crippen LogP contribution in [0.4, 0.5) is 0 Å². The Balaban J connectivity index is 2.07. The van der Waals surface area contributed by atoms with Crippen LogP contribution in [0.2, 0.25) is 5.15 Å². The minimum Gasteiger partial charge on any atom is -0.316 e. The normalized spacial score (nSPS) is 16.6. The minimum absolute atomic E-state index is 0.625. The van der Waals surface area contributed by atoms with E-state index < -0.39 is 0 Å². The molecule has 1 N–H and O–H groups in total. The summed E-state index contributed by atoms with van der Waals surface area (Å²) < 4.78 is 2.12. The van der Waals surface area contributed by atoms with Crippen LogP contribution in [0, 0.1) is 12.8 Å². The van der Waals surface area contributed by atoms with Gasteiger partial charge in [0.05, 0.1) is 5.52 Å². The van der Waals surface area contributed by atoms with Gasteiger partial charge in [0.25, 0.3) is 0 Å². The van der Waals surface area contributed by atoms with Gasteiger partial charge in [-0.15, -0.1) is 0 Å². The molecular formula is C12H14ClN3. The predicted octanol–water partition coefficient (Wildman–Crippen LogP) is 2.06. The second kappa shape index (κ2) is 3.75. The molecule has 2 aromatic rings. The average molecular weight is 236 g/mol. The number of aryl methyl sites for hydroxylation is 1. The Morgan fingerprint density at radius 2 is 2.38 bits per heavy atom. The summed E-state index contributed by atoms with van der Waals surface area (Å²) in [6.45, 7) is 4.26. The molecule has 0 unspecified atom stereocenters. The molecule has 84 valence electrons. The summed E-state index contributed by atoms with van der Waals surface area (Å²) in [5.74, 6) is 1.79. The van der Waals surface area contributed by atoms with E-state index in [0.29, 0.717) is 11.1 Å². The maximum absolute atomic E-state index is 6.18. The highest BCUT2D eigenvalue weighted by atomic mass is 35.5. The number of halogens is 1. The molecule has 0 radical (unpaired) electrons. The van der Waals surface area contributed by atoms with E-state index in [9.17, 15) is 0 Å². The number of aromatic nitrogens is 2. The van der Waals surface area contributed by atoms with Crippen molar-refractivity contribution in [3.05, 3.63) is 34.9 Å². The molecule has 0 aromatic carbocycles. The topological polar surface area (TPSA) is 29.3 Å². The molecule has 0 saturated carbocycles. The van der Waals surface area contributed by atoms with Crippen LogP contribution in [0.5, 0.6) is 0 Å². The molecule has 0 bridgehead atoms. The van der Waals surface area contributed by atoms with Gasteiger partial charge in [0.15, 0.2) is 5.15 Å². The third-order valence-electron chi connectivity index (χ3n) is 3.23. The van der Waals surface area contributed by atoms with Crippen molar-refractivity contribution in [2.24, 2.45) is 5.92 Å². The van der Waals surface area contributed by atoms with Crippen molar-refractivity contribution in [3.63, 3.8) is 0 Å². The van der Waals surface area contributed by atoms with Crippen LogP contribution in [-0.2, 0) is 6.42 Å². The fourth-order valence-electron chi connectivity index (χ4n) is 2.21. The van der Waals surface area contributed by atoms with E-state index in [-0.39, 0.29) is 0 Å². The molecule has 0 spiro atoms. The smallest absolute Gasteiger partial charge is 0.155 e. The lowest BCUT2D eigenvalue weighted by molar-refractivity contribution is 0.340. The molecule has 1 aliphatic rings. The van der Waals surface area contributed by atoms with Gasteiger partial charge in [0, 0.05) is 12.6 Å². The van der Waals surface area contributed by atoms with Crippen LogP contribution >= 0.6 is 11.6 Å². The van der Waals surface area contributed by atoms with Crippen molar-refractivity contribution >= 4 is 17.1 Å². The van der Waals surface area contributed by atoms with Gasteiger partial charge in [0.2, 0.25) is 0 Å². The Morgan fingerprint density at radius 1 is 1.56 bits per heavy atom. The number of fused-ring (bicyclic) bond motifs is 1. The summed E-state index contributed by atoms with van der Waals surface area (Å²) in [6, 6.07) is 4.11. The lowest BCUT2D eigenvalue weighted by Gasteiger charge is -2.26. The highest BCUT2D eigenvalue weighted by Crippen LogP contribution is 2.23. The van der Waals surface area contributed by atoms with Gasteiger partial charge in [-0.2, -0.15) is 0 Å². The minimum atomic E-state index is 0.625. The van der Waals surface area contributed by atoms with Crippen LogP contribution in [0.15, 0.2) is 18.3 Å². The Morgan fingerprint density at radius 3 is 3.06 bits per heavy atom. The number of hydrogen-bond donors (Lipinski definition) is 1. The monoisotopic (exact) mass is 235 g/mol. The third kappa shape index (κ3) is 1.51. The lowest BCUT2D eigenvalue weighted by atomic mass is 9.99. The summed E-state index contributed by atoms with van der Waals surface area (Å²) in [5, 5.41) is 3.90. The largest absolute Gasteiger partial charge is 0.316 e. The molecule has 1 aliphatic heterocycles. The summed E-state index contributed by atoms with van der Waals surface area (Å²) in [6.07, 6.45) is 3.05. The maximum Gasteiger partial charge on any atom is 0.155 e. The summed E-state index contributed by atoms with van der Waals surface area (Å²) in [5.41, 5.74) is 2.23. The molecule has 0 aliphatic carbocycles. The lowest BCUT2D eigenvalue weighted by Crippen LogP contribution is -2.43. The second-order valence-electron chi connectivity index (χ2n) is 4.46. The Bertz CT molecular complexity index is 528. The molecule has 0 atom stereocenters. The van der Waals surface area contributed by atoms with Gasteiger partial charge in [0.1, 0.15) is 5.82 Å². The van der Waals surface area contributed by atoms with Crippen LogP contribution in [-0.4, -0.2) is 22.5 Å². The number of pyridine rings is 1. The van der Waals surface area contributed by atoms with Crippen molar-refractivity contribution in [1.82, 2.24) is 14.7 Å². The van der Waals surface area contributed by atoms with Crippen LogP contribution in [0.25, 0.3) is 5.52 Å². The quantitative estimate of drug-likeness (QED) is 0.864. The van der Waals surface area contributed by atoms with E-state index >= 15 is 0 Å². The van der Waals surface area contributed by atoms with Gasteiger partial charge in [-0.05, 0) is 37.6 Å². The molecule has 4 heteroatoms. The predicted molar refractivity (Wildman–Crippen MR) is 65.0 cm³/mol. The van der Waals surface area contributed by atoms with Gasteiger partial charge in [-0.3, -0.25) is 0 Å². The van der Waals surface area contributed by atoms with Crippen molar-refractivity contribution in [2.75, 3.05) is 13.1 Å². The first-order chi connectivity index (χ1) is 7.75. The fraction of sp³-hybridized carbons (Fsp3) is 0.417. The molecule has 1 fully saturated rings. The summed E-state index contributed by atoms with van der Waals surface area (Å²) in [7, 11) is 0. The molecular weight excluding hydrogens is 222 g/mol. The van der Waals surface area contributed by atoms with E-state index in [1.165, 1.54) is 5.56 Å². The Hall–Kier alpha value is -1.06. The molecule has 0 amide bonds. The van der Waals surface area contributed by atoms with Gasteiger partial charge in [-0.25, -0.2) is 4.98 Å². The van der Waals surface area contributed by atoms with Crippen molar-refractivity contribution in [3.8, 4) is 0 Å². The van der Waals surface area contributed by atoms with Crippen LogP contribution in [0.3, 0.4) is 0 Å². The molecule has 3 nitrogen and oxygen atoms in total. The first-order valence-corrected chi connectivity index (χ1v) is 5.96. The van der Waals surface area contributed by atoms with Crippen molar-refractivity contribution < 1.29 is 0 Å². The van der Waals surface area contributed by atoms with Crippen LogP contribution in [0.1, 0.15) is 11.4 Å². The fourth-order valence-corrected chi connectivity index (χ4v) is 2.55. The van der Waals surface area contributed by atoms with Crippen molar-refractivity contribution in [2.45, 2.75) is 13.3 Å². The van der Waals surface area contributed by atoms with E-state index in [1.807, 2.05) is 12.3 Å². The van der Waals surface area contributed by atoms with E-state index in [1.54, 1.807) is 0 Å². The maximum atomic E-state index is 6.18. The zero-order valence-electron chi connectivity index (χ0n) is 9.20. The first kappa shape index (κ1) is 10.1. The average Bonchev–Trinajstić information content (AvgIpc) is 2.51. The molecule has 2 aromatic heterocycles. The standard InChI is InChI=1S/C12H14ClN3/c1-8-3-2-4-16-10(5-9-6-14-7-9)15-12(13)11(8)16/h2-4,9,14H,5-7H2,1H3. The first-order valence-electron chi connectivity index (χ1n) is 5.58. The molecule has 1 saturated heterocycles. The SMILES string of the molecule is Cc1cccn2c(CC3CNC3)nc(Cl)c12. The van der Waals surface area contributed by atoms with Crippen LogP contribution < -0.4 is 5.32 Å². The Labute approximate surface area is 99.4 Å². The molecule has 3 heterocycles. The number of nitrogens with zero attached hydrogens (tertiary/aromatic N) is 2. The molecule has 3 rings (SSSR count). The zero-order chi connectivity index (χ0) is 11.1. The highest BCUT2D eigenvalue weighted by Gasteiger charge is 2.20. The second-order valence-corrected chi connectivity index (χ2v) is 4.82. The van der Waals surface area contributed by atoms with E-state index in [0.717, 1.165) is 30.9 Å².